The SMILES string of the molecule is C=CCN(Cc1cccn1Cc1cccc(C)c1)C(=O)COCc1ccccc1. The molecular formula is C25H28N2O2. The van der Waals surface area contributed by atoms with Gasteiger partial charge in [0.1, 0.15) is 6.61 Å². The van der Waals surface area contributed by atoms with Crippen LogP contribution in [0.2, 0.25) is 0 Å². The van der Waals surface area contributed by atoms with Gasteiger partial charge in [-0.1, -0.05) is 66.2 Å². The van der Waals surface area contributed by atoms with Crippen molar-refractivity contribution in [3.8, 4) is 0 Å². The summed E-state index contributed by atoms with van der Waals surface area (Å²) >= 11 is 0. The number of nitrogens with zero attached hydrogens (tertiary/aromatic N) is 2. The molecule has 0 radical (unpaired) electrons. The molecule has 3 rings (SSSR count). The van der Waals surface area contributed by atoms with Crippen molar-refractivity contribution in [2.24, 2.45) is 0 Å². The number of carbonyl (C=O) groups is 1. The summed E-state index contributed by atoms with van der Waals surface area (Å²) in [6, 6.07) is 22.4. The first-order valence-electron chi connectivity index (χ1n) is 9.85. The van der Waals surface area contributed by atoms with E-state index in [0.29, 0.717) is 19.7 Å². The molecule has 29 heavy (non-hydrogen) atoms. The molecule has 0 fully saturated rings. The van der Waals surface area contributed by atoms with Crippen LogP contribution in [0.4, 0.5) is 0 Å². The minimum absolute atomic E-state index is 0.0378. The second-order valence-corrected chi connectivity index (χ2v) is 7.16. The predicted octanol–water partition coefficient (Wildman–Crippen LogP) is 4.58. The number of ether oxygens (including phenoxy) is 1. The molecule has 150 valence electrons. The van der Waals surface area contributed by atoms with E-state index in [-0.39, 0.29) is 12.5 Å². The van der Waals surface area contributed by atoms with E-state index in [1.165, 1.54) is 11.1 Å². The third-order valence-corrected chi connectivity index (χ3v) is 4.75. The fraction of sp³-hybridized carbons (Fsp3) is 0.240. The molecule has 0 saturated heterocycles. The van der Waals surface area contributed by atoms with Crippen LogP contribution in [-0.2, 0) is 29.2 Å². The Bertz CT molecular complexity index is 931. The Kier molecular flexibility index (Phi) is 7.42. The van der Waals surface area contributed by atoms with Gasteiger partial charge >= 0.3 is 0 Å². The third-order valence-electron chi connectivity index (χ3n) is 4.75. The summed E-state index contributed by atoms with van der Waals surface area (Å²) in [6.07, 6.45) is 3.81. The summed E-state index contributed by atoms with van der Waals surface area (Å²) in [5.74, 6) is -0.0378. The van der Waals surface area contributed by atoms with Crippen LogP contribution in [0, 0.1) is 6.92 Å². The van der Waals surface area contributed by atoms with Crippen LogP contribution < -0.4 is 0 Å². The Balaban J connectivity index is 1.60. The molecule has 0 N–H and O–H groups in total. The number of carbonyl (C=O) groups excluding carboxylic acids is 1. The Morgan fingerprint density at radius 3 is 2.62 bits per heavy atom. The molecule has 0 aliphatic rings. The maximum atomic E-state index is 12.7. The quantitative estimate of drug-likeness (QED) is 0.477. The molecule has 0 saturated carbocycles. The summed E-state index contributed by atoms with van der Waals surface area (Å²) in [7, 11) is 0. The maximum absolute atomic E-state index is 12.7. The van der Waals surface area contributed by atoms with Gasteiger partial charge in [-0.25, -0.2) is 0 Å². The van der Waals surface area contributed by atoms with Gasteiger partial charge in [0.25, 0.3) is 0 Å². The molecule has 2 aromatic carbocycles. The summed E-state index contributed by atoms with van der Waals surface area (Å²) in [5, 5.41) is 0. The zero-order chi connectivity index (χ0) is 20.5. The first-order valence-corrected chi connectivity index (χ1v) is 9.85. The molecule has 4 heteroatoms. The van der Waals surface area contributed by atoms with E-state index >= 15 is 0 Å². The Morgan fingerprint density at radius 1 is 1.07 bits per heavy atom. The van der Waals surface area contributed by atoms with Crippen LogP contribution in [0.25, 0.3) is 0 Å². The monoisotopic (exact) mass is 388 g/mol. The highest BCUT2D eigenvalue weighted by molar-refractivity contribution is 5.77. The summed E-state index contributed by atoms with van der Waals surface area (Å²) in [4.78, 5) is 14.5. The molecule has 0 bridgehead atoms. The standard InChI is InChI=1S/C25H28N2O2/c1-3-14-27(25(28)20-29-19-22-10-5-4-6-11-22)18-24-13-8-15-26(24)17-23-12-7-9-21(2)16-23/h3-13,15-16H,1,14,17-20H2,2H3. The molecule has 0 aliphatic carbocycles. The van der Waals surface area contributed by atoms with E-state index in [1.54, 1.807) is 11.0 Å². The van der Waals surface area contributed by atoms with Gasteiger partial charge in [0, 0.05) is 25.0 Å². The van der Waals surface area contributed by atoms with E-state index in [2.05, 4.69) is 54.6 Å². The molecule has 4 nitrogen and oxygen atoms in total. The van der Waals surface area contributed by atoms with E-state index in [1.807, 2.05) is 36.4 Å². The van der Waals surface area contributed by atoms with Crippen molar-refractivity contribution in [1.82, 2.24) is 9.47 Å². The van der Waals surface area contributed by atoms with Crippen LogP contribution in [0.15, 0.2) is 85.6 Å². The first kappa shape index (κ1) is 20.6. The molecule has 0 atom stereocenters. The fourth-order valence-corrected chi connectivity index (χ4v) is 3.28. The zero-order valence-corrected chi connectivity index (χ0v) is 17.0. The highest BCUT2D eigenvalue weighted by Gasteiger charge is 2.15. The number of hydrogen-bond acceptors (Lipinski definition) is 2. The van der Waals surface area contributed by atoms with E-state index < -0.39 is 0 Å². The average Bonchev–Trinajstić information content (AvgIpc) is 3.15. The lowest BCUT2D eigenvalue weighted by molar-refractivity contribution is -0.136. The van der Waals surface area contributed by atoms with E-state index in [4.69, 9.17) is 4.74 Å². The van der Waals surface area contributed by atoms with Gasteiger partial charge in [-0.3, -0.25) is 4.79 Å². The summed E-state index contributed by atoms with van der Waals surface area (Å²) in [5.41, 5.74) is 4.64. The predicted molar refractivity (Wildman–Crippen MR) is 116 cm³/mol. The highest BCUT2D eigenvalue weighted by atomic mass is 16.5. The number of hydrogen-bond donors (Lipinski definition) is 0. The lowest BCUT2D eigenvalue weighted by Crippen LogP contribution is -2.34. The van der Waals surface area contributed by atoms with E-state index in [0.717, 1.165) is 17.8 Å². The van der Waals surface area contributed by atoms with Crippen LogP contribution in [0.5, 0.6) is 0 Å². The number of benzene rings is 2. The van der Waals surface area contributed by atoms with Gasteiger partial charge in [-0.2, -0.15) is 0 Å². The summed E-state index contributed by atoms with van der Waals surface area (Å²) in [6.45, 7) is 8.18. The zero-order valence-electron chi connectivity index (χ0n) is 17.0. The Morgan fingerprint density at radius 2 is 1.86 bits per heavy atom. The molecule has 1 heterocycles. The molecule has 0 aliphatic heterocycles. The van der Waals surface area contributed by atoms with Crippen molar-refractivity contribution in [2.45, 2.75) is 26.6 Å². The summed E-state index contributed by atoms with van der Waals surface area (Å²) < 4.78 is 7.82. The molecule has 1 amide bonds. The van der Waals surface area contributed by atoms with Gasteiger partial charge in [0.05, 0.1) is 13.2 Å². The van der Waals surface area contributed by atoms with E-state index in [9.17, 15) is 4.79 Å². The second kappa shape index (κ2) is 10.4. The Hall–Kier alpha value is -3.11. The maximum Gasteiger partial charge on any atom is 0.249 e. The van der Waals surface area contributed by atoms with Crippen LogP contribution >= 0.6 is 0 Å². The van der Waals surface area contributed by atoms with Crippen LogP contribution in [0.1, 0.15) is 22.4 Å². The largest absolute Gasteiger partial charge is 0.367 e. The lowest BCUT2D eigenvalue weighted by Gasteiger charge is -2.22. The lowest BCUT2D eigenvalue weighted by atomic mass is 10.1. The highest BCUT2D eigenvalue weighted by Crippen LogP contribution is 2.12. The smallest absolute Gasteiger partial charge is 0.249 e. The average molecular weight is 389 g/mol. The van der Waals surface area contributed by atoms with Gasteiger partial charge in [0.15, 0.2) is 0 Å². The third kappa shape index (κ3) is 6.19. The molecule has 0 unspecified atom stereocenters. The van der Waals surface area contributed by atoms with Gasteiger partial charge in [0.2, 0.25) is 5.91 Å². The van der Waals surface area contributed by atoms with Crippen molar-refractivity contribution >= 4 is 5.91 Å². The van der Waals surface area contributed by atoms with Crippen molar-refractivity contribution in [3.63, 3.8) is 0 Å². The molecular weight excluding hydrogens is 360 g/mol. The van der Waals surface area contributed by atoms with Crippen LogP contribution in [0.3, 0.4) is 0 Å². The number of amides is 1. The molecule has 3 aromatic rings. The number of aryl methyl sites for hydroxylation is 1. The van der Waals surface area contributed by atoms with Gasteiger partial charge in [-0.05, 0) is 30.2 Å². The van der Waals surface area contributed by atoms with Crippen molar-refractivity contribution in [1.29, 1.82) is 0 Å². The fourth-order valence-electron chi connectivity index (χ4n) is 3.28. The second-order valence-electron chi connectivity index (χ2n) is 7.16. The van der Waals surface area contributed by atoms with Crippen LogP contribution in [-0.4, -0.2) is 28.5 Å². The number of rotatable bonds is 10. The first-order chi connectivity index (χ1) is 14.2. The van der Waals surface area contributed by atoms with Crippen molar-refractivity contribution in [2.75, 3.05) is 13.2 Å². The van der Waals surface area contributed by atoms with Gasteiger partial charge < -0.3 is 14.2 Å². The molecule has 1 aromatic heterocycles. The minimum atomic E-state index is -0.0378. The Labute approximate surface area is 173 Å². The van der Waals surface area contributed by atoms with Crippen molar-refractivity contribution < 1.29 is 9.53 Å². The normalized spacial score (nSPS) is 10.7. The molecule has 0 spiro atoms. The number of aromatic nitrogens is 1. The minimum Gasteiger partial charge on any atom is -0.367 e. The van der Waals surface area contributed by atoms with Crippen molar-refractivity contribution in [3.05, 3.63) is 108 Å². The van der Waals surface area contributed by atoms with Gasteiger partial charge in [-0.15, -0.1) is 6.58 Å². The topological polar surface area (TPSA) is 34.5 Å².